The fourth-order valence-electron chi connectivity index (χ4n) is 3.63. The van der Waals surface area contributed by atoms with Crippen LogP contribution >= 0.6 is 11.3 Å². The van der Waals surface area contributed by atoms with Crippen LogP contribution in [0.3, 0.4) is 0 Å². The van der Waals surface area contributed by atoms with E-state index in [0.717, 1.165) is 43.0 Å². The van der Waals surface area contributed by atoms with Crippen LogP contribution in [-0.4, -0.2) is 43.7 Å². The van der Waals surface area contributed by atoms with E-state index in [9.17, 15) is 4.79 Å². The number of aryl methyl sites for hydroxylation is 3. The molecule has 1 aromatic carbocycles. The maximum atomic E-state index is 12.8. The van der Waals surface area contributed by atoms with E-state index in [1.807, 2.05) is 13.8 Å². The third-order valence-corrected chi connectivity index (χ3v) is 5.48. The summed E-state index contributed by atoms with van der Waals surface area (Å²) in [5.74, 6) is 0.0171. The summed E-state index contributed by atoms with van der Waals surface area (Å²) in [7, 11) is 0. The Hall–Kier alpha value is -1.69. The summed E-state index contributed by atoms with van der Waals surface area (Å²) in [6, 6.07) is 6.49. The molecule has 25 heavy (non-hydrogen) atoms. The second kappa shape index (κ2) is 8.13. The predicted molar refractivity (Wildman–Crippen MR) is 102 cm³/mol. The van der Waals surface area contributed by atoms with E-state index in [2.05, 4.69) is 46.1 Å². The average molecular weight is 359 g/mol. The maximum absolute atomic E-state index is 12.8. The number of hydrogen-bond donors (Lipinski definition) is 1. The molecule has 1 fully saturated rings. The lowest BCUT2D eigenvalue weighted by Gasteiger charge is -2.34. The minimum atomic E-state index is 0.0171. The molecule has 0 unspecified atom stereocenters. The van der Waals surface area contributed by atoms with Crippen molar-refractivity contribution in [1.29, 1.82) is 0 Å². The van der Waals surface area contributed by atoms with E-state index < -0.39 is 0 Å². The number of hydrogen-bond acceptors (Lipinski definition) is 4. The van der Waals surface area contributed by atoms with Crippen molar-refractivity contribution in [2.24, 2.45) is 0 Å². The second-order valence-corrected chi connectivity index (χ2v) is 7.48. The lowest BCUT2D eigenvalue weighted by atomic mass is 9.99. The first-order chi connectivity index (χ1) is 12.1. The molecule has 0 aliphatic carbocycles. The van der Waals surface area contributed by atoms with Crippen LogP contribution in [0.25, 0.3) is 0 Å². The van der Waals surface area contributed by atoms with E-state index >= 15 is 0 Å². The Labute approximate surface area is 153 Å². The maximum Gasteiger partial charge on any atom is 0.251 e. The molecule has 4 nitrogen and oxygen atoms in total. The van der Waals surface area contributed by atoms with Gasteiger partial charge in [0.15, 0.2) is 0 Å². The molecule has 1 amide bonds. The van der Waals surface area contributed by atoms with Crippen molar-refractivity contribution in [1.82, 2.24) is 10.2 Å². The van der Waals surface area contributed by atoms with Crippen molar-refractivity contribution in [2.45, 2.75) is 26.8 Å². The summed E-state index contributed by atoms with van der Waals surface area (Å²) < 4.78 is 5.48. The van der Waals surface area contributed by atoms with E-state index in [4.69, 9.17) is 4.74 Å². The highest BCUT2D eigenvalue weighted by Crippen LogP contribution is 2.24. The molecule has 2 aromatic rings. The normalized spacial score (nSPS) is 16.6. The molecular formula is C20H26N2O2S. The number of ether oxygens (including phenoxy) is 1. The van der Waals surface area contributed by atoms with Crippen LogP contribution in [0.1, 0.15) is 38.7 Å². The molecule has 2 heterocycles. The molecule has 1 saturated heterocycles. The monoisotopic (exact) mass is 358 g/mol. The van der Waals surface area contributed by atoms with Gasteiger partial charge in [0, 0.05) is 25.2 Å². The van der Waals surface area contributed by atoms with E-state index in [1.165, 1.54) is 11.1 Å². The summed E-state index contributed by atoms with van der Waals surface area (Å²) in [6.45, 7) is 10.0. The van der Waals surface area contributed by atoms with Gasteiger partial charge in [-0.25, -0.2) is 0 Å². The number of amides is 1. The Morgan fingerprint density at radius 2 is 1.92 bits per heavy atom. The summed E-state index contributed by atoms with van der Waals surface area (Å²) in [5, 5.41) is 7.44. The molecule has 1 atom stereocenters. The molecule has 1 aliphatic rings. The minimum absolute atomic E-state index is 0.0171. The lowest BCUT2D eigenvalue weighted by molar-refractivity contribution is 0.0163. The van der Waals surface area contributed by atoms with Gasteiger partial charge in [-0.1, -0.05) is 17.7 Å². The van der Waals surface area contributed by atoms with E-state index in [-0.39, 0.29) is 11.9 Å². The zero-order valence-electron chi connectivity index (χ0n) is 15.2. The number of nitrogens with one attached hydrogen (secondary N) is 1. The van der Waals surface area contributed by atoms with E-state index in [0.29, 0.717) is 6.54 Å². The van der Waals surface area contributed by atoms with Crippen LogP contribution in [0, 0.1) is 20.8 Å². The molecule has 3 rings (SSSR count). The fourth-order valence-corrected chi connectivity index (χ4v) is 4.33. The highest BCUT2D eigenvalue weighted by atomic mass is 32.1. The topological polar surface area (TPSA) is 41.6 Å². The van der Waals surface area contributed by atoms with Crippen LogP contribution in [0.15, 0.2) is 29.0 Å². The van der Waals surface area contributed by atoms with Crippen LogP contribution in [0.4, 0.5) is 0 Å². The number of morpholine rings is 1. The SMILES string of the molecule is Cc1cc(C)c(C(=O)NC[C@H](c2ccsc2)N2CCOCC2)c(C)c1. The lowest BCUT2D eigenvalue weighted by Crippen LogP contribution is -2.43. The van der Waals surface area contributed by atoms with Crippen molar-refractivity contribution in [2.75, 3.05) is 32.8 Å². The number of nitrogens with zero attached hydrogens (tertiary/aromatic N) is 1. The van der Waals surface area contributed by atoms with Gasteiger partial charge in [0.05, 0.1) is 19.3 Å². The zero-order chi connectivity index (χ0) is 17.8. The first kappa shape index (κ1) is 18.1. The Kier molecular flexibility index (Phi) is 5.89. The predicted octanol–water partition coefficient (Wildman–Crippen LogP) is 3.48. The van der Waals surface area contributed by atoms with Crippen LogP contribution in [0.5, 0.6) is 0 Å². The quantitative estimate of drug-likeness (QED) is 0.890. The number of benzene rings is 1. The van der Waals surface area contributed by atoms with Gasteiger partial charge in [-0.15, -0.1) is 0 Å². The summed E-state index contributed by atoms with van der Waals surface area (Å²) >= 11 is 1.70. The average Bonchev–Trinajstić information content (AvgIpc) is 3.09. The molecule has 0 bridgehead atoms. The van der Waals surface area contributed by atoms with Gasteiger partial charge in [0.25, 0.3) is 5.91 Å². The molecule has 1 aromatic heterocycles. The van der Waals surface area contributed by atoms with Gasteiger partial charge in [-0.3, -0.25) is 9.69 Å². The summed E-state index contributed by atoms with van der Waals surface area (Å²) in [5.41, 5.74) is 5.33. The van der Waals surface area contributed by atoms with Gasteiger partial charge in [0.1, 0.15) is 0 Å². The van der Waals surface area contributed by atoms with Crippen molar-refractivity contribution in [3.63, 3.8) is 0 Å². The van der Waals surface area contributed by atoms with Gasteiger partial charge < -0.3 is 10.1 Å². The first-order valence-corrected chi connectivity index (χ1v) is 9.70. The Morgan fingerprint density at radius 3 is 2.52 bits per heavy atom. The molecule has 0 spiro atoms. The molecule has 1 aliphatic heterocycles. The Morgan fingerprint density at radius 1 is 1.24 bits per heavy atom. The standard InChI is InChI=1S/C20H26N2O2S/c1-14-10-15(2)19(16(3)11-14)20(23)21-12-18(17-4-9-25-13-17)22-5-7-24-8-6-22/h4,9-11,13,18H,5-8,12H2,1-3H3,(H,21,23)/t18-/m1/s1. The highest BCUT2D eigenvalue weighted by molar-refractivity contribution is 7.07. The zero-order valence-corrected chi connectivity index (χ0v) is 16.0. The molecule has 0 saturated carbocycles. The number of carbonyl (C=O) groups excluding carboxylic acids is 1. The number of carbonyl (C=O) groups is 1. The number of thiophene rings is 1. The first-order valence-electron chi connectivity index (χ1n) is 8.76. The van der Waals surface area contributed by atoms with Gasteiger partial charge >= 0.3 is 0 Å². The third-order valence-electron chi connectivity index (χ3n) is 4.77. The van der Waals surface area contributed by atoms with Crippen molar-refractivity contribution < 1.29 is 9.53 Å². The van der Waals surface area contributed by atoms with Gasteiger partial charge in [-0.05, 0) is 54.3 Å². The van der Waals surface area contributed by atoms with Crippen molar-refractivity contribution in [3.8, 4) is 0 Å². The Bertz CT molecular complexity index is 698. The highest BCUT2D eigenvalue weighted by Gasteiger charge is 2.24. The smallest absolute Gasteiger partial charge is 0.251 e. The van der Waals surface area contributed by atoms with Crippen molar-refractivity contribution >= 4 is 17.2 Å². The van der Waals surface area contributed by atoms with Crippen molar-refractivity contribution in [3.05, 3.63) is 56.8 Å². The Balaban J connectivity index is 1.74. The van der Waals surface area contributed by atoms with Crippen LogP contribution in [0.2, 0.25) is 0 Å². The second-order valence-electron chi connectivity index (χ2n) is 6.70. The van der Waals surface area contributed by atoms with Crippen LogP contribution in [-0.2, 0) is 4.74 Å². The van der Waals surface area contributed by atoms with Crippen LogP contribution < -0.4 is 5.32 Å². The minimum Gasteiger partial charge on any atom is -0.379 e. The largest absolute Gasteiger partial charge is 0.379 e. The molecule has 5 heteroatoms. The molecule has 0 radical (unpaired) electrons. The third kappa shape index (κ3) is 4.29. The van der Waals surface area contributed by atoms with E-state index in [1.54, 1.807) is 11.3 Å². The molecule has 134 valence electrons. The van der Waals surface area contributed by atoms with Gasteiger partial charge in [0.2, 0.25) is 0 Å². The fraction of sp³-hybridized carbons (Fsp3) is 0.450. The number of rotatable bonds is 5. The molecular weight excluding hydrogens is 332 g/mol. The molecule has 1 N–H and O–H groups in total. The summed E-state index contributed by atoms with van der Waals surface area (Å²) in [4.78, 5) is 15.2. The summed E-state index contributed by atoms with van der Waals surface area (Å²) in [6.07, 6.45) is 0. The van der Waals surface area contributed by atoms with Gasteiger partial charge in [-0.2, -0.15) is 11.3 Å².